The first-order chi connectivity index (χ1) is 6.51. The average molecular weight is 212 g/mol. The first kappa shape index (κ1) is 11.7. The van der Waals surface area contributed by atoms with Gasteiger partial charge in [-0.1, -0.05) is 27.2 Å². The number of hydrogen-bond acceptors (Lipinski definition) is 3. The number of nitrogens with two attached hydrogens (primary N) is 1. The van der Waals surface area contributed by atoms with Crippen LogP contribution in [0.2, 0.25) is 0 Å². The molecular formula is C11H20N2S. The molecule has 2 N–H and O–H groups in total. The molecule has 0 amide bonds. The highest BCUT2D eigenvalue weighted by Gasteiger charge is 2.23. The van der Waals surface area contributed by atoms with Crippen molar-refractivity contribution in [2.24, 2.45) is 5.73 Å². The molecule has 0 aromatic carbocycles. The third-order valence-electron chi connectivity index (χ3n) is 2.47. The maximum Gasteiger partial charge on any atom is 0.0999 e. The number of nitrogens with zero attached hydrogens (tertiary/aromatic N) is 1. The second-order valence-corrected chi connectivity index (χ2v) is 5.56. The summed E-state index contributed by atoms with van der Waals surface area (Å²) in [4.78, 5) is 6.03. The Morgan fingerprint density at radius 3 is 2.57 bits per heavy atom. The quantitative estimate of drug-likeness (QED) is 0.833. The van der Waals surface area contributed by atoms with Crippen LogP contribution < -0.4 is 5.73 Å². The Labute approximate surface area is 90.6 Å². The van der Waals surface area contributed by atoms with Crippen LogP contribution in [0.25, 0.3) is 0 Å². The zero-order chi connectivity index (χ0) is 10.8. The highest BCUT2D eigenvalue weighted by molar-refractivity contribution is 7.11. The van der Waals surface area contributed by atoms with Gasteiger partial charge in [0, 0.05) is 16.8 Å². The summed E-state index contributed by atoms with van der Waals surface area (Å²) in [7, 11) is 0. The maximum atomic E-state index is 5.74. The van der Waals surface area contributed by atoms with Crippen LogP contribution in [0.15, 0.2) is 0 Å². The highest BCUT2D eigenvalue weighted by Crippen LogP contribution is 2.29. The zero-order valence-corrected chi connectivity index (χ0v) is 10.4. The van der Waals surface area contributed by atoms with E-state index in [0.29, 0.717) is 6.54 Å². The predicted octanol–water partition coefficient (Wildman–Crippen LogP) is 2.64. The summed E-state index contributed by atoms with van der Waals surface area (Å²) in [6.45, 7) is 9.30. The van der Waals surface area contributed by atoms with E-state index >= 15 is 0 Å². The van der Waals surface area contributed by atoms with Crippen LogP contribution >= 0.6 is 11.3 Å². The normalized spacial score (nSPS) is 12.1. The van der Waals surface area contributed by atoms with Gasteiger partial charge in [0.05, 0.1) is 10.7 Å². The Kier molecular flexibility index (Phi) is 3.67. The first-order valence-electron chi connectivity index (χ1n) is 5.18. The van der Waals surface area contributed by atoms with Crippen molar-refractivity contribution in [3.63, 3.8) is 0 Å². The highest BCUT2D eigenvalue weighted by atomic mass is 32.1. The molecule has 0 saturated heterocycles. The molecule has 80 valence electrons. The SMILES string of the molecule is CCCc1nc(C(C)(C)CN)sc1C. The Hall–Kier alpha value is -0.410. The van der Waals surface area contributed by atoms with Gasteiger partial charge in [-0.3, -0.25) is 0 Å². The fraction of sp³-hybridized carbons (Fsp3) is 0.727. The average Bonchev–Trinajstić information content (AvgIpc) is 2.49. The minimum absolute atomic E-state index is 0.0292. The molecule has 0 spiro atoms. The Balaban J connectivity index is 2.96. The monoisotopic (exact) mass is 212 g/mol. The lowest BCUT2D eigenvalue weighted by molar-refractivity contribution is 0.533. The topological polar surface area (TPSA) is 38.9 Å². The van der Waals surface area contributed by atoms with Crippen LogP contribution in [0, 0.1) is 6.92 Å². The molecule has 3 heteroatoms. The van der Waals surface area contributed by atoms with Gasteiger partial charge in [0.1, 0.15) is 0 Å². The second kappa shape index (κ2) is 4.41. The lowest BCUT2D eigenvalue weighted by Gasteiger charge is -2.18. The zero-order valence-electron chi connectivity index (χ0n) is 9.55. The molecule has 1 heterocycles. The predicted molar refractivity (Wildman–Crippen MR) is 62.9 cm³/mol. The van der Waals surface area contributed by atoms with E-state index in [2.05, 4.69) is 32.7 Å². The number of rotatable bonds is 4. The van der Waals surface area contributed by atoms with E-state index in [4.69, 9.17) is 5.73 Å². The van der Waals surface area contributed by atoms with Crippen LogP contribution in [-0.2, 0) is 11.8 Å². The van der Waals surface area contributed by atoms with E-state index in [1.807, 2.05) is 0 Å². The van der Waals surface area contributed by atoms with Crippen LogP contribution in [0.5, 0.6) is 0 Å². The third kappa shape index (κ3) is 2.34. The van der Waals surface area contributed by atoms with Crippen molar-refractivity contribution in [2.75, 3.05) is 6.54 Å². The summed E-state index contributed by atoms with van der Waals surface area (Å²) in [6.07, 6.45) is 2.25. The largest absolute Gasteiger partial charge is 0.330 e. The molecule has 14 heavy (non-hydrogen) atoms. The smallest absolute Gasteiger partial charge is 0.0999 e. The van der Waals surface area contributed by atoms with Crippen molar-refractivity contribution in [1.29, 1.82) is 0 Å². The van der Waals surface area contributed by atoms with Crippen LogP contribution in [0.1, 0.15) is 42.8 Å². The van der Waals surface area contributed by atoms with Gasteiger partial charge < -0.3 is 5.73 Å². The molecule has 0 unspecified atom stereocenters. The molecule has 0 saturated carbocycles. The summed E-state index contributed by atoms with van der Waals surface area (Å²) in [6, 6.07) is 0. The van der Waals surface area contributed by atoms with Gasteiger partial charge in [-0.15, -0.1) is 11.3 Å². The molecule has 0 atom stereocenters. The Morgan fingerprint density at radius 1 is 1.43 bits per heavy atom. The molecular weight excluding hydrogens is 192 g/mol. The molecule has 1 rings (SSSR count). The minimum atomic E-state index is 0.0292. The van der Waals surface area contributed by atoms with Crippen molar-refractivity contribution in [3.8, 4) is 0 Å². The van der Waals surface area contributed by atoms with E-state index in [9.17, 15) is 0 Å². The number of hydrogen-bond donors (Lipinski definition) is 1. The van der Waals surface area contributed by atoms with E-state index in [-0.39, 0.29) is 5.41 Å². The van der Waals surface area contributed by atoms with E-state index in [0.717, 1.165) is 12.8 Å². The Morgan fingerprint density at radius 2 is 2.07 bits per heavy atom. The molecule has 2 nitrogen and oxygen atoms in total. The molecule has 0 aliphatic rings. The van der Waals surface area contributed by atoms with Crippen LogP contribution in [0.4, 0.5) is 0 Å². The fourth-order valence-corrected chi connectivity index (χ4v) is 2.34. The third-order valence-corrected chi connectivity index (χ3v) is 3.85. The van der Waals surface area contributed by atoms with Gasteiger partial charge in [-0.05, 0) is 13.3 Å². The van der Waals surface area contributed by atoms with Gasteiger partial charge in [-0.2, -0.15) is 0 Å². The van der Waals surface area contributed by atoms with Crippen molar-refractivity contribution < 1.29 is 0 Å². The van der Waals surface area contributed by atoms with Gasteiger partial charge in [0.2, 0.25) is 0 Å². The van der Waals surface area contributed by atoms with Gasteiger partial charge >= 0.3 is 0 Å². The molecule has 0 aliphatic heterocycles. The maximum absolute atomic E-state index is 5.74. The van der Waals surface area contributed by atoms with Gasteiger partial charge in [0.15, 0.2) is 0 Å². The number of aromatic nitrogens is 1. The van der Waals surface area contributed by atoms with Crippen molar-refractivity contribution in [3.05, 3.63) is 15.6 Å². The Bertz CT molecular complexity index is 302. The molecule has 0 fully saturated rings. The van der Waals surface area contributed by atoms with E-state index in [1.54, 1.807) is 11.3 Å². The van der Waals surface area contributed by atoms with Crippen molar-refractivity contribution in [2.45, 2.75) is 46.0 Å². The van der Waals surface area contributed by atoms with Crippen LogP contribution in [-0.4, -0.2) is 11.5 Å². The van der Waals surface area contributed by atoms with Gasteiger partial charge in [-0.25, -0.2) is 4.98 Å². The first-order valence-corrected chi connectivity index (χ1v) is 5.99. The van der Waals surface area contributed by atoms with Gasteiger partial charge in [0.25, 0.3) is 0 Å². The molecule has 1 aromatic heterocycles. The minimum Gasteiger partial charge on any atom is -0.330 e. The summed E-state index contributed by atoms with van der Waals surface area (Å²) in [5.74, 6) is 0. The summed E-state index contributed by atoms with van der Waals surface area (Å²) >= 11 is 1.79. The van der Waals surface area contributed by atoms with E-state index < -0.39 is 0 Å². The summed E-state index contributed by atoms with van der Waals surface area (Å²) in [5, 5.41) is 1.18. The molecule has 0 aliphatic carbocycles. The lowest BCUT2D eigenvalue weighted by atomic mass is 9.95. The number of thiazole rings is 1. The molecule has 1 aromatic rings. The standard InChI is InChI=1S/C11H20N2S/c1-5-6-9-8(2)14-10(13-9)11(3,4)7-12/h5-7,12H2,1-4H3. The summed E-state index contributed by atoms with van der Waals surface area (Å²) < 4.78 is 0. The molecule has 0 radical (unpaired) electrons. The second-order valence-electron chi connectivity index (χ2n) is 4.36. The fourth-order valence-electron chi connectivity index (χ4n) is 1.27. The van der Waals surface area contributed by atoms with E-state index in [1.165, 1.54) is 15.6 Å². The van der Waals surface area contributed by atoms with Crippen molar-refractivity contribution in [1.82, 2.24) is 4.98 Å². The summed E-state index contributed by atoms with van der Waals surface area (Å²) in [5.41, 5.74) is 7.03. The molecule has 0 bridgehead atoms. The lowest BCUT2D eigenvalue weighted by Crippen LogP contribution is -2.27. The van der Waals surface area contributed by atoms with Crippen LogP contribution in [0.3, 0.4) is 0 Å². The number of aryl methyl sites for hydroxylation is 2. The van der Waals surface area contributed by atoms with Crippen molar-refractivity contribution >= 4 is 11.3 Å².